The van der Waals surface area contributed by atoms with E-state index in [-0.39, 0.29) is 0 Å². The minimum Gasteiger partial charge on any atom is -0.497 e. The van der Waals surface area contributed by atoms with E-state index < -0.39 is 0 Å². The lowest BCUT2D eigenvalue weighted by atomic mass is 10.2. The summed E-state index contributed by atoms with van der Waals surface area (Å²) < 4.78 is 5.27. The minimum atomic E-state index is 0.678. The molecule has 0 radical (unpaired) electrons. The van der Waals surface area contributed by atoms with Gasteiger partial charge in [-0.25, -0.2) is 0 Å². The first kappa shape index (κ1) is 14.5. The van der Waals surface area contributed by atoms with E-state index in [0.717, 1.165) is 44.9 Å². The number of methoxy groups -OCH3 is 1. The molecule has 20 heavy (non-hydrogen) atoms. The molecule has 1 aromatic carbocycles. The van der Waals surface area contributed by atoms with Crippen LogP contribution >= 0.6 is 0 Å². The van der Waals surface area contributed by atoms with Crippen molar-refractivity contribution in [2.75, 3.05) is 44.7 Å². The highest BCUT2D eigenvalue weighted by Gasteiger charge is 2.18. The Kier molecular flexibility index (Phi) is 5.09. The number of rotatable bonds is 4. The first-order valence-electron chi connectivity index (χ1n) is 7.18. The molecule has 0 aromatic heterocycles. The van der Waals surface area contributed by atoms with Gasteiger partial charge in [0.25, 0.3) is 0 Å². The topological polar surface area (TPSA) is 54.1 Å². The van der Waals surface area contributed by atoms with Crippen molar-refractivity contribution in [3.8, 4) is 5.75 Å². The molecule has 110 valence electrons. The van der Waals surface area contributed by atoms with Crippen LogP contribution in [0, 0.1) is 0 Å². The Morgan fingerprint density at radius 2 is 2.05 bits per heavy atom. The number of aliphatic imine (C=N–C) groups is 1. The highest BCUT2D eigenvalue weighted by atomic mass is 16.5. The van der Waals surface area contributed by atoms with E-state index in [4.69, 9.17) is 10.5 Å². The standard InChI is InChI=1S/C15H24N4O/c1-3-7-17-15(16)19-10-8-18(9-11-19)13-5-4-6-14(12-13)20-2/h4-6,12H,3,7-11H2,1-2H3,(H2,16,17). The summed E-state index contributed by atoms with van der Waals surface area (Å²) in [6, 6.07) is 8.18. The molecular weight excluding hydrogens is 252 g/mol. The van der Waals surface area contributed by atoms with Gasteiger partial charge >= 0.3 is 0 Å². The summed E-state index contributed by atoms with van der Waals surface area (Å²) in [5.41, 5.74) is 7.20. The molecular formula is C15H24N4O. The van der Waals surface area contributed by atoms with Crippen molar-refractivity contribution in [3.63, 3.8) is 0 Å². The number of ether oxygens (including phenoxy) is 1. The predicted molar refractivity (Wildman–Crippen MR) is 83.6 cm³/mol. The quantitative estimate of drug-likeness (QED) is 0.669. The molecule has 0 aliphatic carbocycles. The van der Waals surface area contributed by atoms with Gasteiger partial charge in [-0.05, 0) is 18.6 Å². The third-order valence-corrected chi connectivity index (χ3v) is 3.52. The van der Waals surface area contributed by atoms with Crippen LogP contribution in [0.25, 0.3) is 0 Å². The van der Waals surface area contributed by atoms with Crippen molar-refractivity contribution < 1.29 is 4.74 Å². The van der Waals surface area contributed by atoms with Crippen molar-refractivity contribution in [2.24, 2.45) is 10.7 Å². The highest BCUT2D eigenvalue weighted by Crippen LogP contribution is 2.21. The molecule has 0 bridgehead atoms. The number of hydrogen-bond acceptors (Lipinski definition) is 3. The Hall–Kier alpha value is -1.91. The van der Waals surface area contributed by atoms with Crippen molar-refractivity contribution in [2.45, 2.75) is 13.3 Å². The summed E-state index contributed by atoms with van der Waals surface area (Å²) in [5.74, 6) is 1.58. The van der Waals surface area contributed by atoms with Gasteiger partial charge < -0.3 is 20.3 Å². The molecule has 0 saturated carbocycles. The van der Waals surface area contributed by atoms with Crippen LogP contribution in [0.15, 0.2) is 29.3 Å². The second-order valence-electron chi connectivity index (χ2n) is 4.92. The van der Waals surface area contributed by atoms with E-state index in [1.54, 1.807) is 7.11 Å². The number of nitrogens with two attached hydrogens (primary N) is 1. The fourth-order valence-electron chi connectivity index (χ4n) is 2.33. The average molecular weight is 276 g/mol. The molecule has 1 fully saturated rings. The molecule has 0 amide bonds. The summed E-state index contributed by atoms with van der Waals surface area (Å²) >= 11 is 0. The SMILES string of the molecule is CCCN=C(N)N1CCN(c2cccc(OC)c2)CC1. The number of guanidine groups is 1. The molecule has 1 aliphatic heterocycles. The van der Waals surface area contributed by atoms with Crippen LogP contribution in [-0.4, -0.2) is 50.7 Å². The van der Waals surface area contributed by atoms with E-state index in [1.165, 1.54) is 5.69 Å². The number of nitrogens with zero attached hydrogens (tertiary/aromatic N) is 3. The molecule has 1 heterocycles. The largest absolute Gasteiger partial charge is 0.497 e. The lowest BCUT2D eigenvalue weighted by Crippen LogP contribution is -2.51. The van der Waals surface area contributed by atoms with Crippen LogP contribution in [0.3, 0.4) is 0 Å². The normalized spacial score (nSPS) is 16.4. The number of anilines is 1. The Morgan fingerprint density at radius 1 is 1.30 bits per heavy atom. The summed E-state index contributed by atoms with van der Waals surface area (Å²) in [7, 11) is 1.70. The smallest absolute Gasteiger partial charge is 0.191 e. The maximum atomic E-state index is 6.00. The number of piperazine rings is 1. The third kappa shape index (κ3) is 3.56. The van der Waals surface area contributed by atoms with E-state index in [2.05, 4.69) is 33.8 Å². The van der Waals surface area contributed by atoms with Crippen LogP contribution < -0.4 is 15.4 Å². The van der Waals surface area contributed by atoms with Gasteiger partial charge in [-0.15, -0.1) is 0 Å². The highest BCUT2D eigenvalue weighted by molar-refractivity contribution is 5.78. The predicted octanol–water partition coefficient (Wildman–Crippen LogP) is 1.54. The monoisotopic (exact) mass is 276 g/mol. The average Bonchev–Trinajstić information content (AvgIpc) is 2.52. The first-order chi connectivity index (χ1) is 9.74. The Morgan fingerprint density at radius 3 is 2.70 bits per heavy atom. The Bertz CT molecular complexity index is 453. The molecule has 1 aliphatic rings. The summed E-state index contributed by atoms with van der Waals surface area (Å²) in [6.45, 7) is 6.65. The number of benzene rings is 1. The van der Waals surface area contributed by atoms with Crippen molar-refractivity contribution in [1.82, 2.24) is 4.90 Å². The van der Waals surface area contributed by atoms with Gasteiger partial charge in [0, 0.05) is 44.5 Å². The Labute approximate surface area is 121 Å². The van der Waals surface area contributed by atoms with Gasteiger partial charge in [0.1, 0.15) is 5.75 Å². The van der Waals surface area contributed by atoms with E-state index in [1.807, 2.05) is 12.1 Å². The van der Waals surface area contributed by atoms with Gasteiger partial charge in [-0.1, -0.05) is 13.0 Å². The molecule has 1 aromatic rings. The van der Waals surface area contributed by atoms with Crippen LogP contribution in [0.2, 0.25) is 0 Å². The molecule has 1 saturated heterocycles. The van der Waals surface area contributed by atoms with Crippen LogP contribution in [0.4, 0.5) is 5.69 Å². The van der Waals surface area contributed by atoms with E-state index in [9.17, 15) is 0 Å². The lowest BCUT2D eigenvalue weighted by molar-refractivity contribution is 0.380. The fraction of sp³-hybridized carbons (Fsp3) is 0.533. The number of hydrogen-bond donors (Lipinski definition) is 1. The fourth-order valence-corrected chi connectivity index (χ4v) is 2.33. The van der Waals surface area contributed by atoms with Gasteiger partial charge in [-0.3, -0.25) is 4.99 Å². The summed E-state index contributed by atoms with van der Waals surface area (Å²) in [5, 5.41) is 0. The second-order valence-corrected chi connectivity index (χ2v) is 4.92. The van der Waals surface area contributed by atoms with Crippen LogP contribution in [0.5, 0.6) is 5.75 Å². The molecule has 0 unspecified atom stereocenters. The molecule has 5 nitrogen and oxygen atoms in total. The maximum Gasteiger partial charge on any atom is 0.191 e. The third-order valence-electron chi connectivity index (χ3n) is 3.52. The molecule has 2 rings (SSSR count). The second kappa shape index (κ2) is 7.03. The molecule has 0 atom stereocenters. The Balaban J connectivity index is 1.93. The first-order valence-corrected chi connectivity index (χ1v) is 7.18. The zero-order valence-corrected chi connectivity index (χ0v) is 12.4. The minimum absolute atomic E-state index is 0.678. The van der Waals surface area contributed by atoms with Crippen molar-refractivity contribution in [3.05, 3.63) is 24.3 Å². The van der Waals surface area contributed by atoms with Gasteiger partial charge in [0.2, 0.25) is 0 Å². The van der Waals surface area contributed by atoms with E-state index in [0.29, 0.717) is 5.96 Å². The van der Waals surface area contributed by atoms with Gasteiger partial charge in [0.05, 0.1) is 7.11 Å². The van der Waals surface area contributed by atoms with Crippen LogP contribution in [-0.2, 0) is 0 Å². The van der Waals surface area contributed by atoms with Crippen molar-refractivity contribution >= 4 is 11.6 Å². The molecule has 2 N–H and O–H groups in total. The van der Waals surface area contributed by atoms with Crippen molar-refractivity contribution in [1.29, 1.82) is 0 Å². The summed E-state index contributed by atoms with van der Waals surface area (Å²) in [6.07, 6.45) is 1.03. The zero-order chi connectivity index (χ0) is 14.4. The van der Waals surface area contributed by atoms with Crippen LogP contribution in [0.1, 0.15) is 13.3 Å². The summed E-state index contributed by atoms with van der Waals surface area (Å²) in [4.78, 5) is 8.89. The van der Waals surface area contributed by atoms with Gasteiger partial charge in [0.15, 0.2) is 5.96 Å². The lowest BCUT2D eigenvalue weighted by Gasteiger charge is -2.36. The van der Waals surface area contributed by atoms with Gasteiger partial charge in [-0.2, -0.15) is 0 Å². The maximum absolute atomic E-state index is 6.00. The van der Waals surface area contributed by atoms with E-state index >= 15 is 0 Å². The molecule has 5 heteroatoms. The molecule has 0 spiro atoms. The zero-order valence-electron chi connectivity index (χ0n) is 12.4.